The first-order valence-corrected chi connectivity index (χ1v) is 5.14. The van der Waals surface area contributed by atoms with Gasteiger partial charge in [0.05, 0.1) is 13.3 Å². The molecule has 0 aliphatic carbocycles. The van der Waals surface area contributed by atoms with Gasteiger partial charge in [0.2, 0.25) is 0 Å². The smallest absolute Gasteiger partial charge is 0.323 e. The second-order valence-corrected chi connectivity index (χ2v) is 4.49. The van der Waals surface area contributed by atoms with Crippen LogP contribution in [0.1, 0.15) is 25.1 Å². The highest BCUT2D eigenvalue weighted by molar-refractivity contribution is 5.77. The van der Waals surface area contributed by atoms with Crippen LogP contribution in [0, 0.1) is 6.92 Å². The number of nitrogens with zero attached hydrogens (tertiary/aromatic N) is 2. The number of nitrogens with two attached hydrogens (primary N) is 1. The Morgan fingerprint density at radius 2 is 2.19 bits per heavy atom. The molecule has 90 valence electrons. The van der Waals surface area contributed by atoms with Crippen LogP contribution < -0.4 is 5.73 Å². The van der Waals surface area contributed by atoms with Crippen LogP contribution in [0.25, 0.3) is 0 Å². The van der Waals surface area contributed by atoms with Crippen molar-refractivity contribution < 1.29 is 9.53 Å². The van der Waals surface area contributed by atoms with Crippen molar-refractivity contribution in [3.8, 4) is 0 Å². The Balaban J connectivity index is 3.10. The minimum Gasteiger partial charge on any atom is -0.468 e. The van der Waals surface area contributed by atoms with Crippen LogP contribution in [0.15, 0.2) is 6.20 Å². The minimum absolute atomic E-state index is 0.409. The van der Waals surface area contributed by atoms with Gasteiger partial charge in [0.1, 0.15) is 6.04 Å². The fraction of sp³-hybridized carbons (Fsp3) is 0.636. The fourth-order valence-electron chi connectivity index (χ4n) is 1.72. The van der Waals surface area contributed by atoms with Gasteiger partial charge in [0, 0.05) is 23.7 Å². The first-order chi connectivity index (χ1) is 7.32. The molecular weight excluding hydrogens is 206 g/mol. The molecule has 0 aliphatic heterocycles. The molecule has 0 saturated carbocycles. The third-order valence-electron chi connectivity index (χ3n) is 3.16. The van der Waals surface area contributed by atoms with Crippen LogP contribution in [0.2, 0.25) is 0 Å². The summed E-state index contributed by atoms with van der Waals surface area (Å²) < 4.78 is 6.44. The molecule has 0 amide bonds. The molecule has 0 aliphatic rings. The van der Waals surface area contributed by atoms with Gasteiger partial charge in [-0.1, -0.05) is 13.8 Å². The second-order valence-electron chi connectivity index (χ2n) is 4.49. The normalized spacial score (nSPS) is 13.6. The summed E-state index contributed by atoms with van der Waals surface area (Å²) in [5.41, 5.74) is 7.38. The maximum atomic E-state index is 11.5. The SMILES string of the molecule is COC(=O)C(N)C(C)(C)c1cnn(C)c1C. The lowest BCUT2D eigenvalue weighted by Gasteiger charge is -2.29. The Bertz CT molecular complexity index is 396. The number of ether oxygens (including phenoxy) is 1. The Hall–Kier alpha value is -1.36. The molecule has 5 heteroatoms. The largest absolute Gasteiger partial charge is 0.468 e. The summed E-state index contributed by atoms with van der Waals surface area (Å²) in [5.74, 6) is -0.409. The lowest BCUT2D eigenvalue weighted by Crippen LogP contribution is -2.47. The molecule has 5 nitrogen and oxygen atoms in total. The molecule has 0 bridgehead atoms. The summed E-state index contributed by atoms with van der Waals surface area (Å²) in [5, 5.41) is 4.16. The lowest BCUT2D eigenvalue weighted by molar-refractivity contribution is -0.143. The van der Waals surface area contributed by atoms with Crippen LogP contribution in [0.5, 0.6) is 0 Å². The van der Waals surface area contributed by atoms with E-state index in [2.05, 4.69) is 9.84 Å². The number of esters is 1. The summed E-state index contributed by atoms with van der Waals surface area (Å²) in [6, 6.07) is -0.694. The minimum atomic E-state index is -0.694. The highest BCUT2D eigenvalue weighted by Crippen LogP contribution is 2.28. The van der Waals surface area contributed by atoms with Crippen LogP contribution >= 0.6 is 0 Å². The van der Waals surface area contributed by atoms with E-state index in [1.165, 1.54) is 7.11 Å². The van der Waals surface area contributed by atoms with Crippen LogP contribution in [-0.2, 0) is 22.0 Å². The predicted molar refractivity (Wildman–Crippen MR) is 61.0 cm³/mol. The van der Waals surface area contributed by atoms with Crippen molar-refractivity contribution in [2.24, 2.45) is 12.8 Å². The molecule has 0 aromatic carbocycles. The number of hydrogen-bond donors (Lipinski definition) is 1. The molecule has 1 atom stereocenters. The van der Waals surface area contributed by atoms with Crippen molar-refractivity contribution in [3.05, 3.63) is 17.5 Å². The average Bonchev–Trinajstić information content (AvgIpc) is 2.58. The predicted octanol–water partition coefficient (Wildman–Crippen LogP) is 0.506. The van der Waals surface area contributed by atoms with E-state index in [0.717, 1.165) is 11.3 Å². The molecular formula is C11H19N3O2. The summed E-state index contributed by atoms with van der Waals surface area (Å²) in [7, 11) is 3.20. The zero-order valence-electron chi connectivity index (χ0n) is 10.4. The van der Waals surface area contributed by atoms with Crippen molar-refractivity contribution >= 4 is 5.97 Å². The Labute approximate surface area is 95.6 Å². The number of methoxy groups -OCH3 is 1. The third kappa shape index (κ3) is 1.95. The topological polar surface area (TPSA) is 70.1 Å². The zero-order chi connectivity index (χ0) is 12.5. The van der Waals surface area contributed by atoms with E-state index >= 15 is 0 Å². The number of rotatable bonds is 3. The maximum absolute atomic E-state index is 11.5. The van der Waals surface area contributed by atoms with E-state index < -0.39 is 17.4 Å². The van der Waals surface area contributed by atoms with E-state index in [0.29, 0.717) is 0 Å². The Morgan fingerprint density at radius 3 is 2.56 bits per heavy atom. The quantitative estimate of drug-likeness (QED) is 0.761. The highest BCUT2D eigenvalue weighted by atomic mass is 16.5. The highest BCUT2D eigenvalue weighted by Gasteiger charge is 2.36. The van der Waals surface area contributed by atoms with Crippen molar-refractivity contribution in [1.29, 1.82) is 0 Å². The van der Waals surface area contributed by atoms with Gasteiger partial charge < -0.3 is 10.5 Å². The molecule has 2 N–H and O–H groups in total. The average molecular weight is 225 g/mol. The maximum Gasteiger partial charge on any atom is 0.323 e. The van der Waals surface area contributed by atoms with Gasteiger partial charge in [-0.3, -0.25) is 9.48 Å². The zero-order valence-corrected chi connectivity index (χ0v) is 10.4. The molecule has 1 heterocycles. The van der Waals surface area contributed by atoms with Crippen molar-refractivity contribution in [1.82, 2.24) is 9.78 Å². The molecule has 1 aromatic rings. The number of aromatic nitrogens is 2. The fourth-order valence-corrected chi connectivity index (χ4v) is 1.72. The summed E-state index contributed by atoms with van der Waals surface area (Å²) in [6.07, 6.45) is 1.75. The monoisotopic (exact) mass is 225 g/mol. The number of hydrogen-bond acceptors (Lipinski definition) is 4. The molecule has 0 spiro atoms. The number of carbonyl (C=O) groups is 1. The van der Waals surface area contributed by atoms with E-state index in [9.17, 15) is 4.79 Å². The first kappa shape index (κ1) is 12.7. The van der Waals surface area contributed by atoms with Crippen molar-refractivity contribution in [3.63, 3.8) is 0 Å². The first-order valence-electron chi connectivity index (χ1n) is 5.14. The van der Waals surface area contributed by atoms with Gasteiger partial charge in [-0.25, -0.2) is 0 Å². The van der Waals surface area contributed by atoms with Gasteiger partial charge in [0.25, 0.3) is 0 Å². The molecule has 1 aromatic heterocycles. The van der Waals surface area contributed by atoms with Gasteiger partial charge >= 0.3 is 5.97 Å². The standard InChI is InChI=1S/C11H19N3O2/c1-7-8(6-13-14(7)4)11(2,3)9(12)10(15)16-5/h6,9H,12H2,1-5H3. The number of carbonyl (C=O) groups excluding carboxylic acids is 1. The van der Waals surface area contributed by atoms with Gasteiger partial charge in [-0.15, -0.1) is 0 Å². The lowest BCUT2D eigenvalue weighted by atomic mass is 9.78. The Morgan fingerprint density at radius 1 is 1.62 bits per heavy atom. The van der Waals surface area contributed by atoms with E-state index in [4.69, 9.17) is 5.73 Å². The summed E-state index contributed by atoms with van der Waals surface area (Å²) in [4.78, 5) is 11.5. The van der Waals surface area contributed by atoms with E-state index in [-0.39, 0.29) is 0 Å². The molecule has 0 fully saturated rings. The number of aryl methyl sites for hydroxylation is 1. The Kier molecular flexibility index (Phi) is 3.38. The van der Waals surface area contributed by atoms with Gasteiger partial charge in [-0.05, 0) is 6.92 Å². The van der Waals surface area contributed by atoms with Crippen molar-refractivity contribution in [2.75, 3.05) is 7.11 Å². The molecule has 16 heavy (non-hydrogen) atoms. The molecule has 0 radical (unpaired) electrons. The van der Waals surface area contributed by atoms with Gasteiger partial charge in [-0.2, -0.15) is 5.10 Å². The van der Waals surface area contributed by atoms with Crippen LogP contribution in [0.3, 0.4) is 0 Å². The summed E-state index contributed by atoms with van der Waals surface area (Å²) in [6.45, 7) is 5.78. The third-order valence-corrected chi connectivity index (χ3v) is 3.16. The summed E-state index contributed by atoms with van der Waals surface area (Å²) >= 11 is 0. The molecule has 1 rings (SSSR count). The van der Waals surface area contributed by atoms with Crippen molar-refractivity contribution in [2.45, 2.75) is 32.2 Å². The van der Waals surface area contributed by atoms with E-state index in [1.807, 2.05) is 27.8 Å². The molecule has 1 unspecified atom stereocenters. The second kappa shape index (κ2) is 4.25. The van der Waals surface area contributed by atoms with Crippen LogP contribution in [-0.4, -0.2) is 28.9 Å². The van der Waals surface area contributed by atoms with E-state index in [1.54, 1.807) is 10.9 Å². The molecule has 0 saturated heterocycles. The van der Waals surface area contributed by atoms with Crippen LogP contribution in [0.4, 0.5) is 0 Å². The van der Waals surface area contributed by atoms with Gasteiger partial charge in [0.15, 0.2) is 0 Å².